The standard InChI is InChI=1S/C13H22N2O/c1-5-15(13(3,4)9-14)12-8-11(16)7-6-10(12)2/h6-8,16H,5,9,14H2,1-4H3. The summed E-state index contributed by atoms with van der Waals surface area (Å²) < 4.78 is 0. The number of hydrogen-bond donors (Lipinski definition) is 2. The lowest BCUT2D eigenvalue weighted by Crippen LogP contribution is -2.49. The van der Waals surface area contributed by atoms with Gasteiger partial charge in [-0.25, -0.2) is 0 Å². The van der Waals surface area contributed by atoms with Crippen molar-refractivity contribution in [3.8, 4) is 5.75 Å². The lowest BCUT2D eigenvalue weighted by molar-refractivity contribution is 0.465. The van der Waals surface area contributed by atoms with Crippen LogP contribution in [-0.2, 0) is 0 Å². The van der Waals surface area contributed by atoms with Crippen LogP contribution in [0.4, 0.5) is 5.69 Å². The van der Waals surface area contributed by atoms with E-state index in [-0.39, 0.29) is 5.54 Å². The van der Waals surface area contributed by atoms with Gasteiger partial charge in [-0.2, -0.15) is 0 Å². The van der Waals surface area contributed by atoms with Crippen molar-refractivity contribution in [2.75, 3.05) is 18.0 Å². The molecule has 0 heterocycles. The summed E-state index contributed by atoms with van der Waals surface area (Å²) in [6, 6.07) is 5.44. The summed E-state index contributed by atoms with van der Waals surface area (Å²) in [5, 5.41) is 9.56. The van der Waals surface area contributed by atoms with E-state index in [9.17, 15) is 5.11 Å². The van der Waals surface area contributed by atoms with Crippen molar-refractivity contribution in [3.63, 3.8) is 0 Å². The van der Waals surface area contributed by atoms with Crippen LogP contribution in [-0.4, -0.2) is 23.7 Å². The highest BCUT2D eigenvalue weighted by atomic mass is 16.3. The topological polar surface area (TPSA) is 49.5 Å². The molecule has 16 heavy (non-hydrogen) atoms. The number of aryl methyl sites for hydroxylation is 1. The zero-order valence-corrected chi connectivity index (χ0v) is 10.6. The van der Waals surface area contributed by atoms with Gasteiger partial charge >= 0.3 is 0 Å². The van der Waals surface area contributed by atoms with E-state index in [1.165, 1.54) is 0 Å². The second-order valence-electron chi connectivity index (χ2n) is 4.73. The molecule has 1 rings (SSSR count). The molecule has 0 radical (unpaired) electrons. The summed E-state index contributed by atoms with van der Waals surface area (Å²) in [5.74, 6) is 0.298. The molecule has 3 heteroatoms. The van der Waals surface area contributed by atoms with Crippen LogP contribution in [0.15, 0.2) is 18.2 Å². The van der Waals surface area contributed by atoms with Crippen molar-refractivity contribution in [1.29, 1.82) is 0 Å². The Bertz CT molecular complexity index is 361. The lowest BCUT2D eigenvalue weighted by Gasteiger charge is -2.40. The molecular weight excluding hydrogens is 200 g/mol. The summed E-state index contributed by atoms with van der Waals surface area (Å²) in [5.41, 5.74) is 7.91. The highest BCUT2D eigenvalue weighted by Gasteiger charge is 2.25. The first-order valence-electron chi connectivity index (χ1n) is 5.69. The van der Waals surface area contributed by atoms with Crippen LogP contribution >= 0.6 is 0 Å². The minimum atomic E-state index is -0.104. The van der Waals surface area contributed by atoms with Crippen molar-refractivity contribution in [3.05, 3.63) is 23.8 Å². The molecule has 0 bridgehead atoms. The molecule has 0 spiro atoms. The fourth-order valence-electron chi connectivity index (χ4n) is 1.92. The van der Waals surface area contributed by atoms with Gasteiger partial charge in [-0.15, -0.1) is 0 Å². The third-order valence-corrected chi connectivity index (χ3v) is 3.03. The molecule has 0 aromatic heterocycles. The first-order valence-corrected chi connectivity index (χ1v) is 5.69. The van der Waals surface area contributed by atoms with Gasteiger partial charge in [0, 0.05) is 30.4 Å². The maximum absolute atomic E-state index is 9.56. The van der Waals surface area contributed by atoms with Crippen molar-refractivity contribution in [2.45, 2.75) is 33.2 Å². The largest absolute Gasteiger partial charge is 0.508 e. The smallest absolute Gasteiger partial charge is 0.117 e. The number of phenols is 1. The number of aromatic hydroxyl groups is 1. The first kappa shape index (κ1) is 12.8. The number of nitrogens with two attached hydrogens (primary N) is 1. The number of likely N-dealkylation sites (N-methyl/N-ethyl adjacent to an activating group) is 1. The third kappa shape index (κ3) is 2.47. The van der Waals surface area contributed by atoms with Gasteiger partial charge in [-0.3, -0.25) is 0 Å². The van der Waals surface area contributed by atoms with Gasteiger partial charge < -0.3 is 15.7 Å². The maximum atomic E-state index is 9.56. The highest BCUT2D eigenvalue weighted by Crippen LogP contribution is 2.29. The van der Waals surface area contributed by atoms with Crippen molar-refractivity contribution < 1.29 is 5.11 Å². The summed E-state index contributed by atoms with van der Waals surface area (Å²) >= 11 is 0. The molecule has 0 saturated carbocycles. The Hall–Kier alpha value is -1.22. The molecule has 0 aliphatic carbocycles. The Labute approximate surface area is 97.9 Å². The van der Waals surface area contributed by atoms with E-state index in [1.807, 2.05) is 13.0 Å². The van der Waals surface area contributed by atoms with Crippen LogP contribution in [0, 0.1) is 6.92 Å². The molecule has 1 aromatic carbocycles. The fraction of sp³-hybridized carbons (Fsp3) is 0.538. The third-order valence-electron chi connectivity index (χ3n) is 3.03. The van der Waals surface area contributed by atoms with Crippen LogP contribution in [0.1, 0.15) is 26.3 Å². The van der Waals surface area contributed by atoms with Gasteiger partial charge in [0.1, 0.15) is 5.75 Å². The van der Waals surface area contributed by atoms with Gasteiger partial charge in [0.25, 0.3) is 0 Å². The summed E-state index contributed by atoms with van der Waals surface area (Å²) in [6.07, 6.45) is 0. The summed E-state index contributed by atoms with van der Waals surface area (Å²) in [4.78, 5) is 2.22. The van der Waals surface area contributed by atoms with Crippen LogP contribution in [0.2, 0.25) is 0 Å². The van der Waals surface area contributed by atoms with Crippen LogP contribution in [0.5, 0.6) is 5.75 Å². The predicted molar refractivity (Wildman–Crippen MR) is 69.0 cm³/mol. The van der Waals surface area contributed by atoms with Crippen molar-refractivity contribution in [1.82, 2.24) is 0 Å². The minimum Gasteiger partial charge on any atom is -0.508 e. The predicted octanol–water partition coefficient (Wildman–Crippen LogP) is 2.26. The number of nitrogens with zero attached hydrogens (tertiary/aromatic N) is 1. The Morgan fingerprint density at radius 2 is 2.00 bits per heavy atom. The molecule has 3 nitrogen and oxygen atoms in total. The fourth-order valence-corrected chi connectivity index (χ4v) is 1.92. The summed E-state index contributed by atoms with van der Waals surface area (Å²) in [7, 11) is 0. The van der Waals surface area contributed by atoms with Gasteiger partial charge in [-0.1, -0.05) is 6.07 Å². The van der Waals surface area contributed by atoms with Gasteiger partial charge in [0.15, 0.2) is 0 Å². The van der Waals surface area contributed by atoms with E-state index in [0.717, 1.165) is 17.8 Å². The average Bonchev–Trinajstić information content (AvgIpc) is 2.24. The monoisotopic (exact) mass is 222 g/mol. The molecule has 0 aliphatic heterocycles. The normalized spacial score (nSPS) is 11.6. The Morgan fingerprint density at radius 1 is 1.38 bits per heavy atom. The van der Waals surface area contributed by atoms with E-state index in [0.29, 0.717) is 12.3 Å². The van der Waals surface area contributed by atoms with Gasteiger partial charge in [-0.05, 0) is 39.3 Å². The number of anilines is 1. The van der Waals surface area contributed by atoms with Crippen LogP contribution < -0.4 is 10.6 Å². The molecule has 90 valence electrons. The van der Waals surface area contributed by atoms with Crippen molar-refractivity contribution >= 4 is 5.69 Å². The van der Waals surface area contributed by atoms with E-state index in [2.05, 4.69) is 25.7 Å². The minimum absolute atomic E-state index is 0.104. The Kier molecular flexibility index (Phi) is 3.81. The highest BCUT2D eigenvalue weighted by molar-refractivity contribution is 5.58. The van der Waals surface area contributed by atoms with Crippen LogP contribution in [0.25, 0.3) is 0 Å². The zero-order valence-electron chi connectivity index (χ0n) is 10.6. The van der Waals surface area contributed by atoms with Crippen LogP contribution in [0.3, 0.4) is 0 Å². The first-order chi connectivity index (χ1) is 7.42. The van der Waals surface area contributed by atoms with E-state index in [1.54, 1.807) is 12.1 Å². The van der Waals surface area contributed by atoms with Gasteiger partial charge in [0.05, 0.1) is 0 Å². The van der Waals surface area contributed by atoms with E-state index >= 15 is 0 Å². The molecule has 1 aromatic rings. The number of phenolic OH excluding ortho intramolecular Hbond substituents is 1. The van der Waals surface area contributed by atoms with E-state index in [4.69, 9.17) is 5.73 Å². The quantitative estimate of drug-likeness (QED) is 0.821. The molecule has 0 atom stereocenters. The van der Waals surface area contributed by atoms with Crippen molar-refractivity contribution in [2.24, 2.45) is 5.73 Å². The number of benzene rings is 1. The SMILES string of the molecule is CCN(c1cc(O)ccc1C)C(C)(C)CN. The molecule has 0 aliphatic rings. The zero-order chi connectivity index (χ0) is 12.3. The maximum Gasteiger partial charge on any atom is 0.117 e. The number of hydrogen-bond acceptors (Lipinski definition) is 3. The molecule has 0 unspecified atom stereocenters. The molecule has 0 saturated heterocycles. The molecule has 0 amide bonds. The molecular formula is C13H22N2O. The van der Waals surface area contributed by atoms with E-state index < -0.39 is 0 Å². The number of rotatable bonds is 4. The Balaban J connectivity index is 3.18. The van der Waals surface area contributed by atoms with Gasteiger partial charge in [0.2, 0.25) is 0 Å². The lowest BCUT2D eigenvalue weighted by atomic mass is 10.0. The molecule has 3 N–H and O–H groups in total. The average molecular weight is 222 g/mol. The second-order valence-corrected chi connectivity index (χ2v) is 4.73. The summed E-state index contributed by atoms with van der Waals surface area (Å²) in [6.45, 7) is 9.81. The molecule has 0 fully saturated rings. The Morgan fingerprint density at radius 3 is 2.50 bits per heavy atom. The second kappa shape index (κ2) is 4.74.